The number of para-hydroxylation sites is 2. The summed E-state index contributed by atoms with van der Waals surface area (Å²) < 4.78 is 11.2. The maximum atomic E-state index is 12.9. The molecule has 6 heteroatoms. The Morgan fingerprint density at radius 1 is 1.00 bits per heavy atom. The molecule has 4 rings (SSSR count). The van der Waals surface area contributed by atoms with Crippen LogP contribution >= 0.6 is 0 Å². The van der Waals surface area contributed by atoms with Crippen molar-refractivity contribution >= 4 is 17.6 Å². The highest BCUT2D eigenvalue weighted by atomic mass is 16.6. The van der Waals surface area contributed by atoms with Gasteiger partial charge in [0.15, 0.2) is 6.10 Å². The van der Waals surface area contributed by atoms with Gasteiger partial charge in [-0.05, 0) is 49.2 Å². The number of carbonyl (C=O) groups is 2. The van der Waals surface area contributed by atoms with Crippen molar-refractivity contribution in [2.75, 3.05) is 11.4 Å². The maximum absolute atomic E-state index is 12.9. The molecule has 0 saturated heterocycles. The van der Waals surface area contributed by atoms with Crippen molar-refractivity contribution in [1.29, 1.82) is 0 Å². The Kier molecular flexibility index (Phi) is 5.24. The van der Waals surface area contributed by atoms with Crippen molar-refractivity contribution in [3.63, 3.8) is 0 Å². The molecule has 29 heavy (non-hydrogen) atoms. The molecular weight excluding hydrogens is 368 g/mol. The molecule has 1 aliphatic heterocycles. The molecule has 0 radical (unpaired) electrons. The smallest absolute Gasteiger partial charge is 0.344 e. The van der Waals surface area contributed by atoms with E-state index >= 15 is 0 Å². The zero-order valence-electron chi connectivity index (χ0n) is 15.9. The highest BCUT2D eigenvalue weighted by Crippen LogP contribution is 2.29. The summed E-state index contributed by atoms with van der Waals surface area (Å²) in [4.78, 5) is 31.4. The number of carbonyl (C=O) groups excluding carboxylic acids is 2. The number of esters is 1. The lowest BCUT2D eigenvalue weighted by Crippen LogP contribution is -2.39. The second-order valence-electron chi connectivity index (χ2n) is 6.69. The Labute approximate surface area is 168 Å². The van der Waals surface area contributed by atoms with Gasteiger partial charge in [0.2, 0.25) is 5.88 Å². The molecule has 1 amide bonds. The zero-order valence-corrected chi connectivity index (χ0v) is 15.9. The molecule has 0 spiro atoms. The first kappa shape index (κ1) is 18.7. The Balaban J connectivity index is 1.48. The number of hydrogen-bond donors (Lipinski definition) is 0. The average Bonchev–Trinajstić information content (AvgIpc) is 3.18. The second kappa shape index (κ2) is 8.14. The number of pyridine rings is 1. The lowest BCUT2D eigenvalue weighted by atomic mass is 10.2. The summed E-state index contributed by atoms with van der Waals surface area (Å²) in [5, 5.41) is 0. The van der Waals surface area contributed by atoms with Crippen LogP contribution in [0, 0.1) is 0 Å². The van der Waals surface area contributed by atoms with E-state index in [1.807, 2.05) is 42.5 Å². The van der Waals surface area contributed by atoms with Crippen molar-refractivity contribution in [1.82, 2.24) is 4.98 Å². The van der Waals surface area contributed by atoms with E-state index in [2.05, 4.69) is 4.98 Å². The first-order chi connectivity index (χ1) is 14.1. The molecular formula is C23H20N2O4. The second-order valence-corrected chi connectivity index (χ2v) is 6.69. The minimum absolute atomic E-state index is 0.134. The Hall–Kier alpha value is -3.67. The molecule has 0 aliphatic carbocycles. The molecule has 2 aromatic carbocycles. The van der Waals surface area contributed by atoms with Gasteiger partial charge in [0.05, 0.1) is 0 Å². The molecule has 1 atom stereocenters. The Morgan fingerprint density at radius 2 is 1.76 bits per heavy atom. The van der Waals surface area contributed by atoms with Crippen LogP contribution in [0.2, 0.25) is 0 Å². The topological polar surface area (TPSA) is 68.7 Å². The predicted octanol–water partition coefficient (Wildman–Crippen LogP) is 4.01. The standard InChI is InChI=1S/C23H20N2O4/c1-16(22(26)25-15-13-17-8-5-6-12-20(17)25)28-23(27)19-11-7-14-24-21(19)29-18-9-3-2-4-10-18/h2-12,14,16H,13,15H2,1H3/t16-/m0/s1. The number of amides is 1. The van der Waals surface area contributed by atoms with Crippen LogP contribution in [0.1, 0.15) is 22.8 Å². The Morgan fingerprint density at radius 3 is 2.59 bits per heavy atom. The van der Waals surface area contributed by atoms with E-state index in [1.54, 1.807) is 36.1 Å². The SMILES string of the molecule is C[C@H](OC(=O)c1cccnc1Oc1ccccc1)C(=O)N1CCc2ccccc21. The van der Waals surface area contributed by atoms with Crippen LogP contribution in [0.25, 0.3) is 0 Å². The van der Waals surface area contributed by atoms with Crippen molar-refractivity contribution in [2.45, 2.75) is 19.4 Å². The van der Waals surface area contributed by atoms with Gasteiger partial charge in [0, 0.05) is 18.4 Å². The average molecular weight is 388 g/mol. The fraction of sp³-hybridized carbons (Fsp3) is 0.174. The predicted molar refractivity (Wildman–Crippen MR) is 108 cm³/mol. The van der Waals surface area contributed by atoms with Gasteiger partial charge in [0.25, 0.3) is 5.91 Å². The molecule has 0 fully saturated rings. The van der Waals surface area contributed by atoms with E-state index in [4.69, 9.17) is 9.47 Å². The van der Waals surface area contributed by atoms with Crippen LogP contribution in [0.4, 0.5) is 5.69 Å². The lowest BCUT2D eigenvalue weighted by molar-refractivity contribution is -0.126. The number of ether oxygens (including phenoxy) is 2. The van der Waals surface area contributed by atoms with Crippen molar-refractivity contribution in [3.05, 3.63) is 84.1 Å². The zero-order chi connectivity index (χ0) is 20.2. The molecule has 2 heterocycles. The van der Waals surface area contributed by atoms with Gasteiger partial charge >= 0.3 is 5.97 Å². The quantitative estimate of drug-likeness (QED) is 0.618. The third-order valence-electron chi connectivity index (χ3n) is 4.73. The van der Waals surface area contributed by atoms with Crippen molar-refractivity contribution < 1.29 is 19.1 Å². The third kappa shape index (κ3) is 3.96. The first-order valence-electron chi connectivity index (χ1n) is 9.41. The van der Waals surface area contributed by atoms with Crippen LogP contribution in [-0.2, 0) is 16.0 Å². The van der Waals surface area contributed by atoms with E-state index < -0.39 is 12.1 Å². The number of nitrogens with zero attached hydrogens (tertiary/aromatic N) is 2. The van der Waals surface area contributed by atoms with E-state index in [0.29, 0.717) is 12.3 Å². The minimum Gasteiger partial charge on any atom is -0.449 e. The van der Waals surface area contributed by atoms with Gasteiger partial charge < -0.3 is 14.4 Å². The highest BCUT2D eigenvalue weighted by molar-refractivity contribution is 6.00. The summed E-state index contributed by atoms with van der Waals surface area (Å²) in [6.45, 7) is 2.16. The van der Waals surface area contributed by atoms with Crippen LogP contribution in [-0.4, -0.2) is 29.5 Å². The molecule has 6 nitrogen and oxygen atoms in total. The molecule has 0 saturated carbocycles. The molecule has 3 aromatic rings. The van der Waals surface area contributed by atoms with Crippen molar-refractivity contribution in [3.8, 4) is 11.6 Å². The highest BCUT2D eigenvalue weighted by Gasteiger charge is 2.30. The van der Waals surface area contributed by atoms with Crippen LogP contribution in [0.3, 0.4) is 0 Å². The van der Waals surface area contributed by atoms with E-state index in [-0.39, 0.29) is 17.4 Å². The van der Waals surface area contributed by atoms with Gasteiger partial charge in [0.1, 0.15) is 11.3 Å². The summed E-state index contributed by atoms with van der Waals surface area (Å²) in [7, 11) is 0. The van der Waals surface area contributed by atoms with Crippen molar-refractivity contribution in [2.24, 2.45) is 0 Å². The number of hydrogen-bond acceptors (Lipinski definition) is 5. The number of rotatable bonds is 5. The van der Waals surface area contributed by atoms with Gasteiger partial charge in [-0.3, -0.25) is 4.79 Å². The largest absolute Gasteiger partial charge is 0.449 e. The fourth-order valence-electron chi connectivity index (χ4n) is 3.29. The monoisotopic (exact) mass is 388 g/mol. The van der Waals surface area contributed by atoms with E-state index in [0.717, 1.165) is 17.7 Å². The van der Waals surface area contributed by atoms with E-state index in [1.165, 1.54) is 6.20 Å². The van der Waals surface area contributed by atoms with Gasteiger partial charge in [-0.15, -0.1) is 0 Å². The summed E-state index contributed by atoms with van der Waals surface area (Å²) in [5.74, 6) is -0.219. The van der Waals surface area contributed by atoms with Crippen LogP contribution in [0.5, 0.6) is 11.6 Å². The van der Waals surface area contributed by atoms with Crippen LogP contribution in [0.15, 0.2) is 72.9 Å². The van der Waals surface area contributed by atoms with Gasteiger partial charge in [-0.2, -0.15) is 0 Å². The lowest BCUT2D eigenvalue weighted by Gasteiger charge is -2.22. The first-order valence-corrected chi connectivity index (χ1v) is 9.41. The molecule has 0 N–H and O–H groups in total. The number of anilines is 1. The molecule has 146 valence electrons. The maximum Gasteiger partial charge on any atom is 0.344 e. The van der Waals surface area contributed by atoms with Crippen LogP contribution < -0.4 is 9.64 Å². The minimum atomic E-state index is -0.932. The third-order valence-corrected chi connectivity index (χ3v) is 4.73. The Bertz CT molecular complexity index is 1040. The number of fused-ring (bicyclic) bond motifs is 1. The summed E-state index contributed by atoms with van der Waals surface area (Å²) >= 11 is 0. The fourth-order valence-corrected chi connectivity index (χ4v) is 3.29. The molecule has 1 aromatic heterocycles. The number of aromatic nitrogens is 1. The van der Waals surface area contributed by atoms with E-state index in [9.17, 15) is 9.59 Å². The number of benzene rings is 2. The van der Waals surface area contributed by atoms with Gasteiger partial charge in [-0.1, -0.05) is 36.4 Å². The van der Waals surface area contributed by atoms with Gasteiger partial charge in [-0.25, -0.2) is 9.78 Å². The molecule has 0 unspecified atom stereocenters. The summed E-state index contributed by atoms with van der Waals surface area (Å²) in [6, 6.07) is 20.0. The normalized spacial score (nSPS) is 13.5. The summed E-state index contributed by atoms with van der Waals surface area (Å²) in [6.07, 6.45) is 1.39. The summed E-state index contributed by atoms with van der Waals surface area (Å²) in [5.41, 5.74) is 2.15. The molecule has 0 bridgehead atoms. The molecule has 1 aliphatic rings.